The lowest BCUT2D eigenvalue weighted by atomic mass is 10.1. The molecule has 1 atom stereocenters. The Labute approximate surface area is 127 Å². The van der Waals surface area contributed by atoms with E-state index in [1.165, 1.54) is 0 Å². The lowest BCUT2D eigenvalue weighted by Crippen LogP contribution is -2.32. The minimum atomic E-state index is -0.521. The average molecular weight is 346 g/mol. The summed E-state index contributed by atoms with van der Waals surface area (Å²) in [7, 11) is 3.21. The van der Waals surface area contributed by atoms with Crippen LogP contribution in [0.3, 0.4) is 0 Å². The SMILES string of the molecule is CCOC(=O)C(NCCOC)c1ccc(OC)c(Br)c1. The molecule has 1 rings (SSSR count). The molecule has 0 fully saturated rings. The first kappa shape index (κ1) is 16.9. The Kier molecular flexibility index (Phi) is 7.58. The Morgan fingerprint density at radius 3 is 2.70 bits per heavy atom. The van der Waals surface area contributed by atoms with Crippen molar-refractivity contribution in [3.63, 3.8) is 0 Å². The van der Waals surface area contributed by atoms with Gasteiger partial charge < -0.3 is 14.2 Å². The number of nitrogens with one attached hydrogen (secondary N) is 1. The van der Waals surface area contributed by atoms with E-state index in [2.05, 4.69) is 21.2 Å². The van der Waals surface area contributed by atoms with E-state index in [1.807, 2.05) is 18.2 Å². The molecule has 0 aliphatic heterocycles. The first-order valence-corrected chi connectivity index (χ1v) is 7.15. The van der Waals surface area contributed by atoms with Crippen LogP contribution in [0.1, 0.15) is 18.5 Å². The largest absolute Gasteiger partial charge is 0.496 e. The molecule has 0 bridgehead atoms. The molecule has 1 aromatic carbocycles. The predicted molar refractivity (Wildman–Crippen MR) is 79.9 cm³/mol. The van der Waals surface area contributed by atoms with Gasteiger partial charge in [0.1, 0.15) is 11.8 Å². The fraction of sp³-hybridized carbons (Fsp3) is 0.500. The van der Waals surface area contributed by atoms with E-state index in [1.54, 1.807) is 21.1 Å². The molecular formula is C14H20BrNO4. The molecule has 0 aliphatic rings. The van der Waals surface area contributed by atoms with Gasteiger partial charge in [0.25, 0.3) is 0 Å². The molecular weight excluding hydrogens is 326 g/mol. The van der Waals surface area contributed by atoms with Gasteiger partial charge in [-0.25, -0.2) is 4.79 Å². The van der Waals surface area contributed by atoms with Gasteiger partial charge in [-0.15, -0.1) is 0 Å². The Balaban J connectivity index is 2.90. The Morgan fingerprint density at radius 1 is 1.40 bits per heavy atom. The van der Waals surface area contributed by atoms with Gasteiger partial charge in [-0.05, 0) is 40.5 Å². The summed E-state index contributed by atoms with van der Waals surface area (Å²) in [6.07, 6.45) is 0. The summed E-state index contributed by atoms with van der Waals surface area (Å²) in [5, 5.41) is 3.13. The maximum atomic E-state index is 12.0. The molecule has 6 heteroatoms. The third-order valence-electron chi connectivity index (χ3n) is 2.69. The molecule has 0 heterocycles. The van der Waals surface area contributed by atoms with Crippen LogP contribution in [0.2, 0.25) is 0 Å². The van der Waals surface area contributed by atoms with Crippen molar-refractivity contribution < 1.29 is 19.0 Å². The van der Waals surface area contributed by atoms with Crippen molar-refractivity contribution in [1.29, 1.82) is 0 Å². The summed E-state index contributed by atoms with van der Waals surface area (Å²) < 4.78 is 16.1. The van der Waals surface area contributed by atoms with Gasteiger partial charge in [0.2, 0.25) is 0 Å². The quantitative estimate of drug-likeness (QED) is 0.578. The molecule has 112 valence electrons. The molecule has 0 saturated carbocycles. The molecule has 0 saturated heterocycles. The van der Waals surface area contributed by atoms with Crippen LogP contribution in [0, 0.1) is 0 Å². The van der Waals surface area contributed by atoms with Crippen molar-refractivity contribution in [2.24, 2.45) is 0 Å². The van der Waals surface area contributed by atoms with E-state index in [0.717, 1.165) is 10.0 Å². The Morgan fingerprint density at radius 2 is 2.15 bits per heavy atom. The van der Waals surface area contributed by atoms with Gasteiger partial charge >= 0.3 is 5.97 Å². The van der Waals surface area contributed by atoms with Crippen LogP contribution in [-0.2, 0) is 14.3 Å². The number of carbonyl (C=O) groups excluding carboxylic acids is 1. The molecule has 20 heavy (non-hydrogen) atoms. The first-order chi connectivity index (χ1) is 9.63. The smallest absolute Gasteiger partial charge is 0.327 e. The van der Waals surface area contributed by atoms with E-state index in [-0.39, 0.29) is 5.97 Å². The Bertz CT molecular complexity index is 439. The number of benzene rings is 1. The van der Waals surface area contributed by atoms with Crippen LogP contribution in [0.25, 0.3) is 0 Å². The molecule has 0 amide bonds. The number of methoxy groups -OCH3 is 2. The lowest BCUT2D eigenvalue weighted by Gasteiger charge is -2.18. The Hall–Kier alpha value is -1.11. The monoisotopic (exact) mass is 345 g/mol. The second kappa shape index (κ2) is 8.94. The number of esters is 1. The van der Waals surface area contributed by atoms with Crippen LogP contribution >= 0.6 is 15.9 Å². The molecule has 0 radical (unpaired) electrons. The van der Waals surface area contributed by atoms with Crippen molar-refractivity contribution in [3.05, 3.63) is 28.2 Å². The van der Waals surface area contributed by atoms with E-state index in [0.29, 0.717) is 25.5 Å². The number of rotatable bonds is 8. The van der Waals surface area contributed by atoms with Crippen molar-refractivity contribution in [3.8, 4) is 5.75 Å². The number of ether oxygens (including phenoxy) is 3. The summed E-state index contributed by atoms with van der Waals surface area (Å²) >= 11 is 3.42. The summed E-state index contributed by atoms with van der Waals surface area (Å²) in [6.45, 7) is 3.21. The first-order valence-electron chi connectivity index (χ1n) is 6.36. The summed E-state index contributed by atoms with van der Waals surface area (Å²) in [5.74, 6) is 0.411. The fourth-order valence-electron chi connectivity index (χ4n) is 1.73. The zero-order chi connectivity index (χ0) is 15.0. The van der Waals surface area contributed by atoms with Crippen molar-refractivity contribution in [2.75, 3.05) is 34.0 Å². The number of halogens is 1. The standard InChI is InChI=1S/C14H20BrNO4/c1-4-20-14(17)13(16-7-8-18-2)10-5-6-12(19-3)11(15)9-10/h5-6,9,13,16H,4,7-8H2,1-3H3. The zero-order valence-electron chi connectivity index (χ0n) is 11.9. The van der Waals surface area contributed by atoms with Gasteiger partial charge in [0.05, 0.1) is 24.8 Å². The molecule has 1 aromatic rings. The van der Waals surface area contributed by atoms with Gasteiger partial charge in [-0.1, -0.05) is 6.07 Å². The summed E-state index contributed by atoms with van der Waals surface area (Å²) in [6, 6.07) is 4.97. The van der Waals surface area contributed by atoms with Gasteiger partial charge in [0.15, 0.2) is 0 Å². The lowest BCUT2D eigenvalue weighted by molar-refractivity contribution is -0.145. The van der Waals surface area contributed by atoms with Crippen molar-refractivity contribution in [2.45, 2.75) is 13.0 Å². The molecule has 0 spiro atoms. The maximum Gasteiger partial charge on any atom is 0.327 e. The van der Waals surface area contributed by atoms with Crippen LogP contribution in [-0.4, -0.2) is 39.9 Å². The third-order valence-corrected chi connectivity index (χ3v) is 3.31. The topological polar surface area (TPSA) is 56.8 Å². The highest BCUT2D eigenvalue weighted by atomic mass is 79.9. The maximum absolute atomic E-state index is 12.0. The normalized spacial score (nSPS) is 12.0. The minimum Gasteiger partial charge on any atom is -0.496 e. The van der Waals surface area contributed by atoms with Crippen molar-refractivity contribution >= 4 is 21.9 Å². The zero-order valence-corrected chi connectivity index (χ0v) is 13.5. The average Bonchev–Trinajstić information content (AvgIpc) is 2.44. The summed E-state index contributed by atoms with van der Waals surface area (Å²) in [5.41, 5.74) is 0.812. The number of hydrogen-bond donors (Lipinski definition) is 1. The minimum absolute atomic E-state index is 0.305. The van der Waals surface area contributed by atoms with Crippen LogP contribution < -0.4 is 10.1 Å². The van der Waals surface area contributed by atoms with E-state index in [4.69, 9.17) is 14.2 Å². The highest BCUT2D eigenvalue weighted by Gasteiger charge is 2.22. The van der Waals surface area contributed by atoms with Gasteiger partial charge in [-0.3, -0.25) is 5.32 Å². The highest BCUT2D eigenvalue weighted by Crippen LogP contribution is 2.28. The second-order valence-corrected chi connectivity index (χ2v) is 4.88. The highest BCUT2D eigenvalue weighted by molar-refractivity contribution is 9.10. The van der Waals surface area contributed by atoms with Crippen LogP contribution in [0.4, 0.5) is 0 Å². The summed E-state index contributed by atoms with van der Waals surface area (Å²) in [4.78, 5) is 12.0. The van der Waals surface area contributed by atoms with E-state index >= 15 is 0 Å². The van der Waals surface area contributed by atoms with Gasteiger partial charge in [-0.2, -0.15) is 0 Å². The predicted octanol–water partition coefficient (Wildman–Crippen LogP) is 2.30. The van der Waals surface area contributed by atoms with Crippen molar-refractivity contribution in [1.82, 2.24) is 5.32 Å². The van der Waals surface area contributed by atoms with Crippen LogP contribution in [0.15, 0.2) is 22.7 Å². The molecule has 0 aliphatic carbocycles. The number of carbonyl (C=O) groups is 1. The van der Waals surface area contributed by atoms with E-state index in [9.17, 15) is 4.79 Å². The third kappa shape index (κ3) is 4.77. The fourth-order valence-corrected chi connectivity index (χ4v) is 2.29. The van der Waals surface area contributed by atoms with Crippen LogP contribution in [0.5, 0.6) is 5.75 Å². The second-order valence-electron chi connectivity index (χ2n) is 4.03. The van der Waals surface area contributed by atoms with Gasteiger partial charge in [0, 0.05) is 13.7 Å². The molecule has 1 N–H and O–H groups in total. The number of hydrogen-bond acceptors (Lipinski definition) is 5. The molecule has 5 nitrogen and oxygen atoms in total. The molecule has 0 aromatic heterocycles. The van der Waals surface area contributed by atoms with E-state index < -0.39 is 6.04 Å². The molecule has 1 unspecified atom stereocenters.